The number of para-hydroxylation sites is 1. The highest BCUT2D eigenvalue weighted by molar-refractivity contribution is 6.01. The minimum Gasteiger partial charge on any atom is -0.467 e. The molecule has 0 bridgehead atoms. The molecule has 0 saturated heterocycles. The molecule has 1 amide bonds. The van der Waals surface area contributed by atoms with Crippen molar-refractivity contribution in [3.05, 3.63) is 99.9 Å². The number of fused-ring (bicyclic) bond motifs is 1. The summed E-state index contributed by atoms with van der Waals surface area (Å²) < 4.78 is 12.4. The van der Waals surface area contributed by atoms with Crippen LogP contribution in [0.2, 0.25) is 0 Å². The fourth-order valence-electron chi connectivity index (χ4n) is 3.06. The molecule has 1 N–H and O–H groups in total. The van der Waals surface area contributed by atoms with Gasteiger partial charge in [0.05, 0.1) is 12.8 Å². The molecule has 3 aromatic heterocycles. The molecule has 4 aromatic rings. The molecule has 158 valence electrons. The first kappa shape index (κ1) is 20.6. The highest BCUT2D eigenvalue weighted by Gasteiger charge is 2.18. The first-order valence-electron chi connectivity index (χ1n) is 9.74. The molecule has 0 fully saturated rings. The molecule has 0 atom stereocenters. The van der Waals surface area contributed by atoms with Crippen molar-refractivity contribution >= 4 is 17.6 Å². The molecule has 3 heterocycles. The van der Waals surface area contributed by atoms with Crippen LogP contribution in [0, 0.1) is 18.3 Å². The maximum Gasteiger partial charge on any atom is 0.269 e. The zero-order chi connectivity index (χ0) is 22.5. The third kappa shape index (κ3) is 4.27. The van der Waals surface area contributed by atoms with Gasteiger partial charge >= 0.3 is 0 Å². The van der Waals surface area contributed by atoms with Crippen LogP contribution in [0.25, 0.3) is 11.7 Å². The van der Waals surface area contributed by atoms with E-state index in [2.05, 4.69) is 10.3 Å². The number of nitrogens with one attached hydrogen (secondary N) is 1. The van der Waals surface area contributed by atoms with Gasteiger partial charge < -0.3 is 14.5 Å². The molecule has 1 aromatic carbocycles. The number of nitrogens with zero attached hydrogens (tertiary/aromatic N) is 3. The van der Waals surface area contributed by atoms with Crippen LogP contribution in [0.3, 0.4) is 0 Å². The Hall–Kier alpha value is -4.64. The predicted molar refractivity (Wildman–Crippen MR) is 117 cm³/mol. The van der Waals surface area contributed by atoms with Gasteiger partial charge in [0.25, 0.3) is 11.5 Å². The Bertz CT molecular complexity index is 1400. The van der Waals surface area contributed by atoms with E-state index in [4.69, 9.17) is 9.15 Å². The number of carbonyl (C=O) groups excluding carboxylic acids is 1. The van der Waals surface area contributed by atoms with Crippen LogP contribution >= 0.6 is 0 Å². The summed E-state index contributed by atoms with van der Waals surface area (Å²) in [6.07, 6.45) is 4.25. The number of rotatable bonds is 6. The van der Waals surface area contributed by atoms with Gasteiger partial charge in [-0.1, -0.05) is 24.3 Å². The van der Waals surface area contributed by atoms with Gasteiger partial charge in [-0.15, -0.1) is 0 Å². The highest BCUT2D eigenvalue weighted by Crippen LogP contribution is 2.24. The lowest BCUT2D eigenvalue weighted by molar-refractivity contribution is -0.117. The lowest BCUT2D eigenvalue weighted by atomic mass is 10.1. The highest BCUT2D eigenvalue weighted by atomic mass is 16.5. The van der Waals surface area contributed by atoms with Gasteiger partial charge in [0.2, 0.25) is 5.88 Å². The van der Waals surface area contributed by atoms with Crippen LogP contribution in [0.15, 0.2) is 81.8 Å². The first-order valence-corrected chi connectivity index (χ1v) is 9.74. The van der Waals surface area contributed by atoms with E-state index in [1.807, 2.05) is 25.1 Å². The second-order valence-electron chi connectivity index (χ2n) is 6.87. The Morgan fingerprint density at radius 1 is 1.22 bits per heavy atom. The molecular formula is C24H18N4O4. The Balaban J connectivity index is 1.79. The average molecular weight is 426 g/mol. The second-order valence-corrected chi connectivity index (χ2v) is 6.87. The number of carbonyl (C=O) groups is 1. The zero-order valence-corrected chi connectivity index (χ0v) is 17.1. The van der Waals surface area contributed by atoms with Crippen molar-refractivity contribution in [2.24, 2.45) is 0 Å². The predicted octanol–water partition coefficient (Wildman–Crippen LogP) is 3.61. The fourth-order valence-corrected chi connectivity index (χ4v) is 3.06. The number of furan rings is 1. The molecular weight excluding hydrogens is 408 g/mol. The van der Waals surface area contributed by atoms with Crippen LogP contribution in [0.1, 0.15) is 16.9 Å². The second kappa shape index (κ2) is 9.02. The number of pyridine rings is 1. The third-order valence-electron chi connectivity index (χ3n) is 4.66. The number of aromatic nitrogens is 2. The number of ether oxygens (including phenoxy) is 1. The zero-order valence-electron chi connectivity index (χ0n) is 17.1. The van der Waals surface area contributed by atoms with Crippen LogP contribution < -0.4 is 15.6 Å². The summed E-state index contributed by atoms with van der Waals surface area (Å²) in [5.74, 6) is 0.352. The van der Waals surface area contributed by atoms with E-state index < -0.39 is 11.5 Å². The Kier molecular flexibility index (Phi) is 5.81. The van der Waals surface area contributed by atoms with E-state index in [1.165, 1.54) is 16.7 Å². The van der Waals surface area contributed by atoms with E-state index >= 15 is 0 Å². The van der Waals surface area contributed by atoms with Gasteiger partial charge in [0.1, 0.15) is 34.4 Å². The topological polar surface area (TPSA) is 110 Å². The first-order chi connectivity index (χ1) is 15.6. The van der Waals surface area contributed by atoms with Crippen molar-refractivity contribution in [2.45, 2.75) is 13.5 Å². The Labute approximate surface area is 183 Å². The van der Waals surface area contributed by atoms with E-state index in [-0.39, 0.29) is 23.6 Å². The summed E-state index contributed by atoms with van der Waals surface area (Å²) >= 11 is 0. The molecule has 4 rings (SSSR count). The Morgan fingerprint density at radius 3 is 2.75 bits per heavy atom. The van der Waals surface area contributed by atoms with Crippen molar-refractivity contribution in [1.82, 2.24) is 14.7 Å². The number of nitriles is 1. The molecule has 0 aliphatic carbocycles. The van der Waals surface area contributed by atoms with Gasteiger partial charge in [-0.05, 0) is 48.9 Å². The van der Waals surface area contributed by atoms with Gasteiger partial charge in [0, 0.05) is 6.20 Å². The summed E-state index contributed by atoms with van der Waals surface area (Å²) in [5, 5.41) is 12.2. The van der Waals surface area contributed by atoms with E-state index in [0.29, 0.717) is 17.2 Å². The van der Waals surface area contributed by atoms with Gasteiger partial charge in [-0.3, -0.25) is 14.0 Å². The smallest absolute Gasteiger partial charge is 0.269 e. The van der Waals surface area contributed by atoms with Crippen LogP contribution in [0.4, 0.5) is 0 Å². The van der Waals surface area contributed by atoms with Crippen molar-refractivity contribution < 1.29 is 13.9 Å². The molecule has 0 unspecified atom stereocenters. The lowest BCUT2D eigenvalue weighted by Crippen LogP contribution is -2.25. The van der Waals surface area contributed by atoms with Crippen molar-refractivity contribution in [1.29, 1.82) is 5.26 Å². The Morgan fingerprint density at radius 2 is 2.03 bits per heavy atom. The number of benzene rings is 1. The maximum absolute atomic E-state index is 13.3. The van der Waals surface area contributed by atoms with E-state index in [1.54, 1.807) is 48.7 Å². The molecule has 8 nitrogen and oxygen atoms in total. The van der Waals surface area contributed by atoms with Gasteiger partial charge in [-0.2, -0.15) is 10.2 Å². The average Bonchev–Trinajstić information content (AvgIpc) is 3.33. The van der Waals surface area contributed by atoms with E-state index in [9.17, 15) is 14.9 Å². The number of aryl methyl sites for hydroxylation is 1. The molecule has 0 aliphatic heterocycles. The molecule has 0 aliphatic rings. The largest absolute Gasteiger partial charge is 0.467 e. The monoisotopic (exact) mass is 426 g/mol. The summed E-state index contributed by atoms with van der Waals surface area (Å²) in [5.41, 5.74) is 0.454. The molecule has 32 heavy (non-hydrogen) atoms. The third-order valence-corrected chi connectivity index (χ3v) is 4.66. The maximum atomic E-state index is 13.3. The molecule has 0 radical (unpaired) electrons. The molecule has 8 heteroatoms. The quantitative estimate of drug-likeness (QED) is 0.373. The SMILES string of the molecule is Cc1cccn2c(=O)c(/C=C(\C#N)C(=O)NCc3ccco3)c(Oc3ccccc3)nc12. The van der Waals surface area contributed by atoms with Crippen molar-refractivity contribution in [3.63, 3.8) is 0 Å². The van der Waals surface area contributed by atoms with E-state index in [0.717, 1.165) is 5.56 Å². The number of hydrogen-bond acceptors (Lipinski definition) is 6. The van der Waals surface area contributed by atoms with Crippen molar-refractivity contribution in [3.8, 4) is 17.7 Å². The number of hydrogen-bond donors (Lipinski definition) is 1. The summed E-state index contributed by atoms with van der Waals surface area (Å²) in [7, 11) is 0. The van der Waals surface area contributed by atoms with Crippen LogP contribution in [-0.2, 0) is 11.3 Å². The molecule has 0 saturated carbocycles. The van der Waals surface area contributed by atoms with Crippen LogP contribution in [-0.4, -0.2) is 15.3 Å². The lowest BCUT2D eigenvalue weighted by Gasteiger charge is -2.11. The van der Waals surface area contributed by atoms with Gasteiger partial charge in [-0.25, -0.2) is 0 Å². The standard InChI is InChI=1S/C24H18N4O4/c1-16-7-5-11-28-21(16)27-23(32-18-8-3-2-4-9-18)20(24(28)30)13-17(14-25)22(29)26-15-19-10-6-12-31-19/h2-13H,15H2,1H3,(H,26,29)/b17-13+. The minimum atomic E-state index is -0.650. The van der Waals surface area contributed by atoms with Gasteiger partial charge in [0.15, 0.2) is 0 Å². The molecule has 0 spiro atoms. The normalized spacial score (nSPS) is 11.2. The minimum absolute atomic E-state index is 0.00193. The summed E-state index contributed by atoms with van der Waals surface area (Å²) in [4.78, 5) is 30.3. The fraction of sp³-hybridized carbons (Fsp3) is 0.0833. The number of amides is 1. The van der Waals surface area contributed by atoms with Crippen molar-refractivity contribution in [2.75, 3.05) is 0 Å². The summed E-state index contributed by atoms with van der Waals surface area (Å²) in [6, 6.07) is 17.6. The summed E-state index contributed by atoms with van der Waals surface area (Å²) in [6.45, 7) is 1.93. The van der Waals surface area contributed by atoms with Crippen LogP contribution in [0.5, 0.6) is 11.6 Å².